The Morgan fingerprint density at radius 1 is 1.33 bits per heavy atom. The van der Waals surface area contributed by atoms with Gasteiger partial charge in [0.15, 0.2) is 5.16 Å². The third-order valence-corrected chi connectivity index (χ3v) is 6.15. The molecule has 0 bridgehead atoms. The lowest BCUT2D eigenvalue weighted by Gasteiger charge is -2.28. The highest BCUT2D eigenvalue weighted by Crippen LogP contribution is 2.36. The van der Waals surface area contributed by atoms with Crippen LogP contribution in [0.15, 0.2) is 52.6 Å². The molecule has 0 saturated carbocycles. The average molecular weight is 399 g/mol. The molecule has 27 heavy (non-hydrogen) atoms. The van der Waals surface area contributed by atoms with Gasteiger partial charge >= 0.3 is 0 Å². The molecule has 0 fully saturated rings. The van der Waals surface area contributed by atoms with E-state index in [1.165, 1.54) is 5.56 Å². The molecule has 4 nitrogen and oxygen atoms in total. The molecule has 2 aromatic heterocycles. The zero-order chi connectivity index (χ0) is 19.0. The normalized spacial score (nSPS) is 15.6. The van der Waals surface area contributed by atoms with Crippen LogP contribution in [0.3, 0.4) is 0 Å². The van der Waals surface area contributed by atoms with Gasteiger partial charge in [-0.25, -0.2) is 0 Å². The summed E-state index contributed by atoms with van der Waals surface area (Å²) >= 11 is 7.48. The first-order valence-corrected chi connectivity index (χ1v) is 10.3. The minimum absolute atomic E-state index is 0.232. The van der Waals surface area contributed by atoms with Crippen LogP contribution in [-0.2, 0) is 30.1 Å². The maximum absolute atomic E-state index is 6.12. The molecule has 0 aliphatic carbocycles. The second-order valence-electron chi connectivity index (χ2n) is 7.28. The van der Waals surface area contributed by atoms with Crippen LogP contribution in [0, 0.1) is 4.64 Å². The first kappa shape index (κ1) is 18.5. The second-order valence-corrected chi connectivity index (χ2v) is 8.61. The molecule has 4 rings (SSSR count). The molecule has 0 spiro atoms. The highest BCUT2D eigenvalue weighted by molar-refractivity contribution is 7.98. The molecule has 6 heteroatoms. The number of hydrogen-bond donors (Lipinski definition) is 0. The van der Waals surface area contributed by atoms with E-state index in [4.69, 9.17) is 26.4 Å². The zero-order valence-corrected chi connectivity index (χ0v) is 17.2. The number of ether oxygens (including phenoxy) is 1. The summed E-state index contributed by atoms with van der Waals surface area (Å²) in [7, 11) is 0. The maximum atomic E-state index is 6.12. The Morgan fingerprint density at radius 3 is 2.85 bits per heavy atom. The predicted molar refractivity (Wildman–Crippen MR) is 112 cm³/mol. The van der Waals surface area contributed by atoms with E-state index >= 15 is 0 Å². The van der Waals surface area contributed by atoms with E-state index in [9.17, 15) is 0 Å². The Bertz CT molecular complexity index is 1050. The number of fused-ring (bicyclic) bond motifs is 3. The average Bonchev–Trinajstić information content (AvgIpc) is 2.99. The van der Waals surface area contributed by atoms with Gasteiger partial charge in [0.2, 0.25) is 5.71 Å². The molecule has 0 N–H and O–H groups in total. The summed E-state index contributed by atoms with van der Waals surface area (Å²) in [6.45, 7) is 9.15. The number of benzene rings is 1. The fourth-order valence-electron chi connectivity index (χ4n) is 3.29. The van der Waals surface area contributed by atoms with Gasteiger partial charge in [0.1, 0.15) is 10.4 Å². The smallest absolute Gasteiger partial charge is 0.232 e. The van der Waals surface area contributed by atoms with E-state index < -0.39 is 0 Å². The number of nitrogens with zero attached hydrogens (tertiary/aromatic N) is 2. The number of allylic oxidation sites excluding steroid dienone is 1. The maximum Gasteiger partial charge on any atom is 0.232 e. The van der Waals surface area contributed by atoms with Gasteiger partial charge in [-0.1, -0.05) is 60.4 Å². The van der Waals surface area contributed by atoms with Crippen molar-refractivity contribution >= 4 is 35.1 Å². The molecule has 0 amide bonds. The molecule has 1 aliphatic heterocycles. The summed E-state index contributed by atoms with van der Waals surface area (Å²) in [5.74, 6) is 1.76. The van der Waals surface area contributed by atoms with Crippen LogP contribution in [0.5, 0.6) is 0 Å². The highest BCUT2D eigenvalue weighted by atomic mass is 32.2. The lowest BCUT2D eigenvalue weighted by molar-refractivity contribution is -0.0441. The third kappa shape index (κ3) is 3.61. The lowest BCUT2D eigenvalue weighted by Crippen LogP contribution is -2.31. The van der Waals surface area contributed by atoms with Gasteiger partial charge in [-0.15, -0.1) is 6.58 Å². The summed E-state index contributed by atoms with van der Waals surface area (Å²) in [6.07, 6.45) is 2.57. The van der Waals surface area contributed by atoms with Gasteiger partial charge in [0.05, 0.1) is 17.6 Å². The van der Waals surface area contributed by atoms with Crippen LogP contribution in [0.2, 0.25) is 0 Å². The van der Waals surface area contributed by atoms with E-state index in [2.05, 4.69) is 32.6 Å². The highest BCUT2D eigenvalue weighted by Gasteiger charge is 2.31. The Morgan fingerprint density at radius 2 is 2.11 bits per heavy atom. The van der Waals surface area contributed by atoms with Gasteiger partial charge in [-0.3, -0.25) is 0 Å². The number of furan rings is 1. The minimum Gasteiger partial charge on any atom is -0.442 e. The lowest BCUT2D eigenvalue weighted by atomic mass is 9.97. The van der Waals surface area contributed by atoms with Crippen molar-refractivity contribution in [2.45, 2.75) is 49.9 Å². The summed E-state index contributed by atoms with van der Waals surface area (Å²) in [4.78, 5) is 4.81. The standard InChI is InChI=1S/C21H22N2O2S2/c1-4-10-23-19(26)17-15-12-24-21(2,3)11-16(15)25-18(17)22-20(23)27-13-14-8-6-5-7-9-14/h4-9H,1,10-13H2,2-3H3. The quantitative estimate of drug-likeness (QED) is 0.239. The van der Waals surface area contributed by atoms with Crippen LogP contribution >= 0.6 is 24.0 Å². The number of rotatable bonds is 5. The van der Waals surface area contributed by atoms with E-state index in [1.807, 2.05) is 28.8 Å². The van der Waals surface area contributed by atoms with Gasteiger partial charge < -0.3 is 13.7 Å². The van der Waals surface area contributed by atoms with Crippen LogP contribution < -0.4 is 0 Å². The number of thioether (sulfide) groups is 1. The third-order valence-electron chi connectivity index (χ3n) is 4.68. The summed E-state index contributed by atoms with van der Waals surface area (Å²) < 4.78 is 14.9. The van der Waals surface area contributed by atoms with Gasteiger partial charge in [0, 0.05) is 24.3 Å². The van der Waals surface area contributed by atoms with Crippen molar-refractivity contribution in [2.75, 3.05) is 0 Å². The Hall–Kier alpha value is -1.89. The fraction of sp³-hybridized carbons (Fsp3) is 0.333. The summed E-state index contributed by atoms with van der Waals surface area (Å²) in [5, 5.41) is 1.75. The molecule has 0 radical (unpaired) electrons. The predicted octanol–water partition coefficient (Wildman–Crippen LogP) is 5.69. The van der Waals surface area contributed by atoms with Crippen molar-refractivity contribution in [1.82, 2.24) is 9.55 Å². The monoisotopic (exact) mass is 398 g/mol. The van der Waals surface area contributed by atoms with E-state index in [-0.39, 0.29) is 5.60 Å². The minimum atomic E-state index is -0.232. The Balaban J connectivity index is 1.78. The van der Waals surface area contributed by atoms with Crippen LogP contribution in [0.4, 0.5) is 0 Å². The number of aromatic nitrogens is 2. The summed E-state index contributed by atoms with van der Waals surface area (Å²) in [6, 6.07) is 10.3. The van der Waals surface area contributed by atoms with Crippen molar-refractivity contribution in [3.8, 4) is 0 Å². The molecule has 0 unspecified atom stereocenters. The van der Waals surface area contributed by atoms with Gasteiger partial charge in [-0.05, 0) is 19.4 Å². The molecular formula is C21H22N2O2S2. The molecule has 1 aliphatic rings. The second kappa shape index (κ2) is 7.26. The Kier molecular flexibility index (Phi) is 4.97. The first-order chi connectivity index (χ1) is 13.0. The fourth-order valence-corrected chi connectivity index (χ4v) is 4.68. The molecule has 3 aromatic rings. The molecule has 1 aromatic carbocycles. The largest absolute Gasteiger partial charge is 0.442 e. The van der Waals surface area contributed by atoms with Crippen molar-refractivity contribution in [3.63, 3.8) is 0 Å². The molecule has 140 valence electrons. The first-order valence-electron chi connectivity index (χ1n) is 8.95. The molecule has 3 heterocycles. The molecular weight excluding hydrogens is 376 g/mol. The zero-order valence-electron chi connectivity index (χ0n) is 15.5. The molecule has 0 atom stereocenters. The summed E-state index contributed by atoms with van der Waals surface area (Å²) in [5.41, 5.74) is 2.67. The van der Waals surface area contributed by atoms with Crippen LogP contribution in [0.1, 0.15) is 30.7 Å². The van der Waals surface area contributed by atoms with Crippen molar-refractivity contribution in [1.29, 1.82) is 0 Å². The van der Waals surface area contributed by atoms with Crippen LogP contribution in [0.25, 0.3) is 11.1 Å². The Labute approximate surface area is 168 Å². The number of hydrogen-bond acceptors (Lipinski definition) is 5. The topological polar surface area (TPSA) is 40.2 Å². The van der Waals surface area contributed by atoms with Gasteiger partial charge in [-0.2, -0.15) is 4.98 Å². The van der Waals surface area contributed by atoms with Crippen molar-refractivity contribution < 1.29 is 9.15 Å². The SMILES string of the molecule is C=CCn1c(SCc2ccccc2)nc2oc3c(c2c1=S)COC(C)(C)C3. The van der Waals surface area contributed by atoms with Crippen molar-refractivity contribution in [2.24, 2.45) is 0 Å². The van der Waals surface area contributed by atoms with E-state index in [0.29, 0.717) is 18.9 Å². The van der Waals surface area contributed by atoms with Crippen molar-refractivity contribution in [3.05, 3.63) is 64.5 Å². The van der Waals surface area contributed by atoms with E-state index in [1.54, 1.807) is 11.8 Å². The van der Waals surface area contributed by atoms with E-state index in [0.717, 1.165) is 38.7 Å². The van der Waals surface area contributed by atoms with Gasteiger partial charge in [0.25, 0.3) is 0 Å². The molecule has 0 saturated heterocycles. The van der Waals surface area contributed by atoms with Crippen LogP contribution in [-0.4, -0.2) is 15.2 Å².